The molecule has 0 aliphatic carbocycles. The van der Waals surface area contributed by atoms with Gasteiger partial charge >= 0.3 is 6.03 Å². The van der Waals surface area contributed by atoms with Gasteiger partial charge in [0.1, 0.15) is 0 Å². The van der Waals surface area contributed by atoms with Crippen molar-refractivity contribution >= 4 is 17.7 Å². The number of urea groups is 1. The molecule has 1 aromatic rings. The highest BCUT2D eigenvalue weighted by molar-refractivity contribution is 6.02. The molecule has 0 unspecified atom stereocenters. The molecule has 1 aromatic carbocycles. The molecule has 0 fully saturated rings. The number of carbonyl (C=O) groups excluding carboxylic acids is 1. The first-order valence-electron chi connectivity index (χ1n) is 7.46. The van der Waals surface area contributed by atoms with Crippen molar-refractivity contribution < 1.29 is 4.79 Å². The van der Waals surface area contributed by atoms with E-state index in [9.17, 15) is 4.79 Å². The average Bonchev–Trinajstić information content (AvgIpc) is 2.45. The number of hydrogen-bond acceptors (Lipinski definition) is 2. The van der Waals surface area contributed by atoms with Crippen LogP contribution in [0.3, 0.4) is 0 Å². The van der Waals surface area contributed by atoms with Gasteiger partial charge in [0, 0.05) is 12.2 Å². The molecule has 0 aliphatic rings. The van der Waals surface area contributed by atoms with Crippen molar-refractivity contribution in [3.05, 3.63) is 29.3 Å². The van der Waals surface area contributed by atoms with Crippen molar-refractivity contribution in [1.82, 2.24) is 5.32 Å². The van der Waals surface area contributed by atoms with Gasteiger partial charge < -0.3 is 11.1 Å². The molecule has 0 heterocycles. The Morgan fingerprint density at radius 2 is 1.81 bits per heavy atom. The van der Waals surface area contributed by atoms with Crippen LogP contribution >= 0.6 is 0 Å². The number of guanidine groups is 1. The van der Waals surface area contributed by atoms with E-state index in [0.29, 0.717) is 12.5 Å². The van der Waals surface area contributed by atoms with Crippen LogP contribution in [0.25, 0.3) is 0 Å². The molecule has 5 heteroatoms. The molecule has 116 valence electrons. The Morgan fingerprint density at radius 1 is 1.24 bits per heavy atom. The Bertz CT molecular complexity index is 487. The number of nitrogens with zero attached hydrogens (tertiary/aromatic N) is 1. The van der Waals surface area contributed by atoms with Crippen LogP contribution in [0.1, 0.15) is 38.8 Å². The van der Waals surface area contributed by atoms with Gasteiger partial charge in [0.15, 0.2) is 5.96 Å². The minimum atomic E-state index is -0.351. The average molecular weight is 290 g/mol. The Balaban J connectivity index is 2.77. The maximum atomic E-state index is 12.0. The monoisotopic (exact) mass is 290 g/mol. The van der Waals surface area contributed by atoms with E-state index in [1.165, 1.54) is 0 Å². The number of rotatable bonds is 5. The standard InChI is InChI=1S/C16H26N4O/c1-5-12-8-7-9-13(6-2)14(12)19-16(21)20-15(17)18-10-11(3)4/h7-9,11H,5-6,10H2,1-4H3,(H4,17,18,19,20,21). The second kappa shape index (κ2) is 8.29. The lowest BCUT2D eigenvalue weighted by Gasteiger charge is -2.14. The molecule has 0 bridgehead atoms. The van der Waals surface area contributed by atoms with E-state index in [1.807, 2.05) is 32.0 Å². The highest BCUT2D eigenvalue weighted by Gasteiger charge is 2.10. The fourth-order valence-corrected chi connectivity index (χ4v) is 1.98. The van der Waals surface area contributed by atoms with E-state index >= 15 is 0 Å². The van der Waals surface area contributed by atoms with Gasteiger partial charge in [-0.2, -0.15) is 0 Å². The van der Waals surface area contributed by atoms with Gasteiger partial charge in [0.05, 0.1) is 0 Å². The molecule has 0 atom stereocenters. The number of hydrogen-bond donors (Lipinski definition) is 3. The molecule has 0 saturated carbocycles. The molecular formula is C16H26N4O. The van der Waals surface area contributed by atoms with Gasteiger partial charge in [-0.15, -0.1) is 0 Å². The topological polar surface area (TPSA) is 79.5 Å². The summed E-state index contributed by atoms with van der Waals surface area (Å²) in [7, 11) is 0. The predicted molar refractivity (Wildman–Crippen MR) is 88.7 cm³/mol. The van der Waals surface area contributed by atoms with Crippen molar-refractivity contribution in [2.75, 3.05) is 11.9 Å². The third-order valence-electron chi connectivity index (χ3n) is 3.11. The summed E-state index contributed by atoms with van der Waals surface area (Å²) in [5.41, 5.74) is 8.79. The zero-order valence-electron chi connectivity index (χ0n) is 13.4. The lowest BCUT2D eigenvalue weighted by molar-refractivity contribution is 0.256. The first-order valence-corrected chi connectivity index (χ1v) is 7.46. The van der Waals surface area contributed by atoms with E-state index in [2.05, 4.69) is 29.5 Å². The maximum Gasteiger partial charge on any atom is 0.326 e. The fraction of sp³-hybridized carbons (Fsp3) is 0.500. The van der Waals surface area contributed by atoms with Crippen molar-refractivity contribution in [1.29, 1.82) is 0 Å². The van der Waals surface area contributed by atoms with E-state index in [1.54, 1.807) is 0 Å². The van der Waals surface area contributed by atoms with Crippen LogP contribution in [0.2, 0.25) is 0 Å². The minimum absolute atomic E-state index is 0.147. The van der Waals surface area contributed by atoms with Crippen LogP contribution in [-0.2, 0) is 12.8 Å². The number of benzene rings is 1. The Hall–Kier alpha value is -2.04. The lowest BCUT2D eigenvalue weighted by atomic mass is 10.0. The van der Waals surface area contributed by atoms with Crippen LogP contribution in [0.5, 0.6) is 0 Å². The summed E-state index contributed by atoms with van der Waals surface area (Å²) in [5, 5.41) is 5.45. The number of aryl methyl sites for hydroxylation is 2. The third kappa shape index (κ3) is 5.45. The molecule has 1 rings (SSSR count). The van der Waals surface area contributed by atoms with Gasteiger partial charge in [-0.1, -0.05) is 45.9 Å². The quantitative estimate of drug-likeness (QED) is 0.576. The summed E-state index contributed by atoms with van der Waals surface area (Å²) >= 11 is 0. The van der Waals surface area contributed by atoms with Crippen LogP contribution in [0.4, 0.5) is 10.5 Å². The molecule has 0 aliphatic heterocycles. The number of carbonyl (C=O) groups is 1. The molecule has 2 amide bonds. The van der Waals surface area contributed by atoms with Gasteiger partial charge in [-0.05, 0) is 29.9 Å². The van der Waals surface area contributed by atoms with Crippen LogP contribution < -0.4 is 16.4 Å². The van der Waals surface area contributed by atoms with E-state index in [-0.39, 0.29) is 12.0 Å². The summed E-state index contributed by atoms with van der Waals surface area (Å²) in [6.45, 7) is 8.81. The van der Waals surface area contributed by atoms with Crippen LogP contribution in [0, 0.1) is 5.92 Å². The highest BCUT2D eigenvalue weighted by atomic mass is 16.2. The van der Waals surface area contributed by atoms with Gasteiger partial charge in [0.2, 0.25) is 0 Å². The Labute approximate surface area is 127 Å². The smallest absolute Gasteiger partial charge is 0.326 e. The molecule has 21 heavy (non-hydrogen) atoms. The predicted octanol–water partition coefficient (Wildman–Crippen LogP) is 2.90. The summed E-state index contributed by atoms with van der Waals surface area (Å²) < 4.78 is 0. The van der Waals surface area contributed by atoms with Crippen molar-refractivity contribution in [2.45, 2.75) is 40.5 Å². The fourth-order valence-electron chi connectivity index (χ4n) is 1.98. The van der Waals surface area contributed by atoms with Gasteiger partial charge in [-0.25, -0.2) is 4.79 Å². The van der Waals surface area contributed by atoms with Crippen LogP contribution in [-0.4, -0.2) is 18.5 Å². The third-order valence-corrected chi connectivity index (χ3v) is 3.11. The second-order valence-corrected chi connectivity index (χ2v) is 5.36. The Morgan fingerprint density at radius 3 is 2.29 bits per heavy atom. The van der Waals surface area contributed by atoms with Crippen molar-refractivity contribution in [3.63, 3.8) is 0 Å². The van der Waals surface area contributed by atoms with Crippen molar-refractivity contribution in [2.24, 2.45) is 16.6 Å². The zero-order chi connectivity index (χ0) is 15.8. The second-order valence-electron chi connectivity index (χ2n) is 5.36. The van der Waals surface area contributed by atoms with E-state index in [0.717, 1.165) is 29.7 Å². The number of amides is 2. The lowest BCUT2D eigenvalue weighted by Crippen LogP contribution is -2.40. The highest BCUT2D eigenvalue weighted by Crippen LogP contribution is 2.22. The zero-order valence-corrected chi connectivity index (χ0v) is 13.4. The molecular weight excluding hydrogens is 264 g/mol. The van der Waals surface area contributed by atoms with Gasteiger partial charge in [0.25, 0.3) is 0 Å². The van der Waals surface area contributed by atoms with E-state index in [4.69, 9.17) is 5.73 Å². The summed E-state index contributed by atoms with van der Waals surface area (Å²) in [6, 6.07) is 5.70. The molecule has 0 radical (unpaired) electrons. The normalized spacial score (nSPS) is 11.6. The van der Waals surface area contributed by atoms with E-state index < -0.39 is 0 Å². The number of nitrogens with one attached hydrogen (secondary N) is 2. The summed E-state index contributed by atoms with van der Waals surface area (Å²) in [6.07, 6.45) is 1.72. The van der Waals surface area contributed by atoms with Crippen molar-refractivity contribution in [3.8, 4) is 0 Å². The molecule has 0 spiro atoms. The largest absolute Gasteiger partial charge is 0.370 e. The molecule has 0 saturated heterocycles. The minimum Gasteiger partial charge on any atom is -0.370 e. The van der Waals surface area contributed by atoms with Crippen LogP contribution in [0.15, 0.2) is 23.2 Å². The first kappa shape index (κ1) is 17.0. The number of anilines is 1. The summed E-state index contributed by atoms with van der Waals surface area (Å²) in [4.78, 5) is 16.1. The Kier molecular flexibility index (Phi) is 6.72. The SMILES string of the molecule is CCc1cccc(CC)c1NC(=O)NC(N)=NCC(C)C. The van der Waals surface area contributed by atoms with Gasteiger partial charge in [-0.3, -0.25) is 10.3 Å². The number of para-hydroxylation sites is 1. The summed E-state index contributed by atoms with van der Waals surface area (Å²) in [5.74, 6) is 0.550. The number of nitrogens with two attached hydrogens (primary N) is 1. The molecule has 4 N–H and O–H groups in total. The number of aliphatic imine (C=N–C) groups is 1. The molecule has 0 aromatic heterocycles. The molecule has 5 nitrogen and oxygen atoms in total. The first-order chi connectivity index (χ1) is 9.97. The maximum absolute atomic E-state index is 12.0.